The summed E-state index contributed by atoms with van der Waals surface area (Å²) in [6, 6.07) is 18.2. The van der Waals surface area contributed by atoms with E-state index < -0.39 is 17.7 Å². The molecule has 4 rings (SSSR count). The molecule has 0 radical (unpaired) electrons. The monoisotopic (exact) mass is 485 g/mol. The molecule has 0 bridgehead atoms. The summed E-state index contributed by atoms with van der Waals surface area (Å²) in [6.45, 7) is 8.19. The van der Waals surface area contributed by atoms with Crippen molar-refractivity contribution in [1.29, 1.82) is 0 Å². The molecule has 1 aliphatic heterocycles. The smallest absolute Gasteiger partial charge is 0.300 e. The fourth-order valence-electron chi connectivity index (χ4n) is 4.58. The van der Waals surface area contributed by atoms with Crippen LogP contribution in [0, 0.1) is 0 Å². The van der Waals surface area contributed by atoms with Crippen LogP contribution in [0.2, 0.25) is 0 Å². The quantitative estimate of drug-likeness (QED) is 0.244. The van der Waals surface area contributed by atoms with Gasteiger partial charge in [0.1, 0.15) is 17.3 Å². The highest BCUT2D eigenvalue weighted by molar-refractivity contribution is 6.51. The average Bonchev–Trinajstić information content (AvgIpc) is 3.13. The predicted molar refractivity (Wildman–Crippen MR) is 141 cm³/mol. The number of carbonyl (C=O) groups excluding carboxylic acids is 2. The van der Waals surface area contributed by atoms with Gasteiger partial charge < -0.3 is 14.9 Å². The Labute approximate surface area is 211 Å². The first-order chi connectivity index (χ1) is 17.1. The summed E-state index contributed by atoms with van der Waals surface area (Å²) in [4.78, 5) is 28.2. The second kappa shape index (κ2) is 9.90. The Hall–Kier alpha value is -4.06. The molecule has 6 nitrogen and oxygen atoms in total. The molecule has 0 saturated carbocycles. The van der Waals surface area contributed by atoms with E-state index in [1.54, 1.807) is 37.4 Å². The molecule has 1 heterocycles. The highest BCUT2D eigenvalue weighted by atomic mass is 16.5. The molecule has 1 unspecified atom stereocenters. The Kier molecular flexibility index (Phi) is 6.88. The van der Waals surface area contributed by atoms with Gasteiger partial charge in [0.2, 0.25) is 0 Å². The molecule has 6 heteroatoms. The topological polar surface area (TPSA) is 87.1 Å². The highest BCUT2D eigenvalue weighted by Crippen LogP contribution is 2.43. The number of nitrogens with zero attached hydrogens (tertiary/aromatic N) is 1. The zero-order valence-corrected chi connectivity index (χ0v) is 21.1. The number of aliphatic hydroxyl groups is 1. The standard InChI is InChI=1S/C30H31NO5/c1-17(2)19-6-11-22(12-7-19)31-27(20-8-13-23(32)14-9-20)26(29(34)30(31)35)28(33)21-10-15-25(36-5)24(16-21)18(3)4/h6-18,27,32-33H,1-5H3/b28-26-. The number of carbonyl (C=O) groups is 2. The minimum Gasteiger partial charge on any atom is -0.508 e. The van der Waals surface area contributed by atoms with Crippen molar-refractivity contribution in [2.24, 2.45) is 0 Å². The second-order valence-corrected chi connectivity index (χ2v) is 9.62. The summed E-state index contributed by atoms with van der Waals surface area (Å²) in [5.41, 5.74) is 3.56. The van der Waals surface area contributed by atoms with Crippen molar-refractivity contribution in [3.05, 3.63) is 94.6 Å². The summed E-state index contributed by atoms with van der Waals surface area (Å²) in [5, 5.41) is 21.3. The Bertz CT molecular complexity index is 1320. The van der Waals surface area contributed by atoms with Gasteiger partial charge in [-0.25, -0.2) is 0 Å². The molecule has 0 spiro atoms. The molecule has 1 saturated heterocycles. The van der Waals surface area contributed by atoms with Gasteiger partial charge in [-0.1, -0.05) is 52.0 Å². The molecule has 1 aliphatic rings. The van der Waals surface area contributed by atoms with E-state index in [-0.39, 0.29) is 23.0 Å². The normalized spacial score (nSPS) is 17.3. The molecule has 0 aliphatic carbocycles. The van der Waals surface area contributed by atoms with Crippen molar-refractivity contribution in [3.63, 3.8) is 0 Å². The second-order valence-electron chi connectivity index (χ2n) is 9.62. The number of aromatic hydroxyl groups is 1. The van der Waals surface area contributed by atoms with E-state index in [1.807, 2.05) is 38.1 Å². The van der Waals surface area contributed by atoms with Crippen molar-refractivity contribution in [1.82, 2.24) is 0 Å². The third-order valence-corrected chi connectivity index (χ3v) is 6.62. The van der Waals surface area contributed by atoms with E-state index in [4.69, 9.17) is 4.74 Å². The lowest BCUT2D eigenvalue weighted by Crippen LogP contribution is -2.29. The first kappa shape index (κ1) is 25.0. The average molecular weight is 486 g/mol. The van der Waals surface area contributed by atoms with Crippen LogP contribution < -0.4 is 9.64 Å². The van der Waals surface area contributed by atoms with E-state index in [0.29, 0.717) is 28.5 Å². The van der Waals surface area contributed by atoms with Crippen molar-refractivity contribution < 1.29 is 24.5 Å². The summed E-state index contributed by atoms with van der Waals surface area (Å²) >= 11 is 0. The molecule has 36 heavy (non-hydrogen) atoms. The minimum atomic E-state index is -0.861. The molecule has 2 N–H and O–H groups in total. The van der Waals surface area contributed by atoms with Crippen LogP contribution in [0.1, 0.15) is 67.8 Å². The van der Waals surface area contributed by atoms with E-state index >= 15 is 0 Å². The van der Waals surface area contributed by atoms with Gasteiger partial charge in [-0.3, -0.25) is 14.5 Å². The molecular weight excluding hydrogens is 454 g/mol. The number of phenols is 1. The number of hydrogen-bond donors (Lipinski definition) is 2. The van der Waals surface area contributed by atoms with Gasteiger partial charge in [0.15, 0.2) is 0 Å². The zero-order valence-electron chi connectivity index (χ0n) is 21.1. The van der Waals surface area contributed by atoms with Gasteiger partial charge in [0.25, 0.3) is 11.7 Å². The maximum atomic E-state index is 13.4. The fourth-order valence-corrected chi connectivity index (χ4v) is 4.58. The number of anilines is 1. The van der Waals surface area contributed by atoms with Crippen molar-refractivity contribution >= 4 is 23.1 Å². The van der Waals surface area contributed by atoms with Crippen LogP contribution >= 0.6 is 0 Å². The van der Waals surface area contributed by atoms with Crippen LogP contribution in [0.5, 0.6) is 11.5 Å². The molecule has 0 aromatic heterocycles. The van der Waals surface area contributed by atoms with E-state index in [9.17, 15) is 19.8 Å². The molecule has 3 aromatic rings. The lowest BCUT2D eigenvalue weighted by atomic mass is 9.93. The zero-order chi connectivity index (χ0) is 26.1. The lowest BCUT2D eigenvalue weighted by Gasteiger charge is -2.26. The third kappa shape index (κ3) is 4.47. The number of ether oxygens (including phenoxy) is 1. The maximum absolute atomic E-state index is 13.4. The number of amides is 1. The molecule has 3 aromatic carbocycles. The van der Waals surface area contributed by atoms with Crippen molar-refractivity contribution in [2.45, 2.75) is 45.6 Å². The number of rotatable bonds is 6. The van der Waals surface area contributed by atoms with E-state index in [1.165, 1.54) is 17.0 Å². The van der Waals surface area contributed by atoms with Gasteiger partial charge >= 0.3 is 0 Å². The molecular formula is C30H31NO5. The number of ketones is 1. The Morgan fingerprint density at radius 3 is 2.08 bits per heavy atom. The number of phenolic OH excluding ortho intramolecular Hbond substituents is 1. The molecule has 186 valence electrons. The first-order valence-electron chi connectivity index (χ1n) is 12.0. The van der Waals surface area contributed by atoms with Gasteiger partial charge in [0.05, 0.1) is 18.7 Å². The Balaban J connectivity index is 1.92. The van der Waals surface area contributed by atoms with Gasteiger partial charge in [-0.2, -0.15) is 0 Å². The van der Waals surface area contributed by atoms with Crippen molar-refractivity contribution in [3.8, 4) is 11.5 Å². The van der Waals surface area contributed by atoms with E-state index in [0.717, 1.165) is 11.1 Å². The summed E-state index contributed by atoms with van der Waals surface area (Å²) in [5.74, 6) is -0.562. The molecule has 1 amide bonds. The molecule has 1 atom stereocenters. The number of aliphatic hydroxyl groups excluding tert-OH is 1. The van der Waals surface area contributed by atoms with Crippen LogP contribution in [0.3, 0.4) is 0 Å². The summed E-state index contributed by atoms with van der Waals surface area (Å²) in [7, 11) is 1.58. The van der Waals surface area contributed by atoms with Crippen LogP contribution in [0.15, 0.2) is 72.3 Å². The number of hydrogen-bond acceptors (Lipinski definition) is 5. The third-order valence-electron chi connectivity index (χ3n) is 6.62. The Morgan fingerprint density at radius 2 is 1.53 bits per heavy atom. The molecule has 1 fully saturated rings. The van der Waals surface area contributed by atoms with Gasteiger partial charge in [-0.15, -0.1) is 0 Å². The SMILES string of the molecule is COc1ccc(/C(O)=C2/C(=O)C(=O)N(c3ccc(C(C)C)cc3)C2c2ccc(O)cc2)cc1C(C)C. The predicted octanol–water partition coefficient (Wildman–Crippen LogP) is 6.27. The first-order valence-corrected chi connectivity index (χ1v) is 12.0. The Morgan fingerprint density at radius 1 is 0.889 bits per heavy atom. The lowest BCUT2D eigenvalue weighted by molar-refractivity contribution is -0.132. The van der Waals surface area contributed by atoms with Crippen LogP contribution in [-0.4, -0.2) is 29.0 Å². The highest BCUT2D eigenvalue weighted by Gasteiger charge is 2.47. The van der Waals surface area contributed by atoms with Crippen LogP contribution in [0.4, 0.5) is 5.69 Å². The fraction of sp³-hybridized carbons (Fsp3) is 0.267. The van der Waals surface area contributed by atoms with Crippen LogP contribution in [0.25, 0.3) is 5.76 Å². The maximum Gasteiger partial charge on any atom is 0.300 e. The summed E-state index contributed by atoms with van der Waals surface area (Å²) < 4.78 is 5.46. The van der Waals surface area contributed by atoms with Gasteiger partial charge in [0, 0.05) is 11.3 Å². The van der Waals surface area contributed by atoms with Crippen molar-refractivity contribution in [2.75, 3.05) is 12.0 Å². The van der Waals surface area contributed by atoms with Gasteiger partial charge in [-0.05, 0) is 71.0 Å². The van der Waals surface area contributed by atoms with Crippen LogP contribution in [-0.2, 0) is 9.59 Å². The summed E-state index contributed by atoms with van der Waals surface area (Å²) in [6.07, 6.45) is 0. The number of methoxy groups -OCH3 is 1. The van der Waals surface area contributed by atoms with E-state index in [2.05, 4.69) is 13.8 Å². The number of benzene rings is 3. The minimum absolute atomic E-state index is 0.00139. The number of Topliss-reactive ketones (excluding diaryl/α,β-unsaturated/α-hetero) is 1. The largest absolute Gasteiger partial charge is 0.508 e.